The second-order valence-corrected chi connectivity index (χ2v) is 24.0. The maximum atomic E-state index is 15.0. The molecular weight excluding hydrogens is 1210 g/mol. The molecule has 4 aromatic carbocycles. The zero-order valence-corrected chi connectivity index (χ0v) is 50.3. The maximum absolute atomic E-state index is 15.0. The molecule has 3 fully saturated rings. The summed E-state index contributed by atoms with van der Waals surface area (Å²) in [5.74, 6) is -0.111. The van der Waals surface area contributed by atoms with Crippen molar-refractivity contribution in [3.05, 3.63) is 158 Å². The molecule has 2 aliphatic carbocycles. The minimum Gasteiger partial charge on any atom is -0.383 e. The van der Waals surface area contributed by atoms with Gasteiger partial charge in [-0.1, -0.05) is 4.85 Å². The SMILES string of the molecule is COCCNCc1cc2c(c(C(F)(F)F)c1)CN(c1cc(-c3cc(C#N)ccc3-c3nncn3C[N+]#CC3(Nc4cc(-c5cc(C#N)ccc5-c5nncn5C)cc(N5Cc6c(cc(CN7CCC7)cc6C(F)(F)F)C5=O)n4)CCC3)cc(NC3(CC#N)CC3)n1)C2=O. The number of aromatic nitrogens is 8. The van der Waals surface area contributed by atoms with Gasteiger partial charge in [0.1, 0.15) is 35.9 Å². The van der Waals surface area contributed by atoms with Gasteiger partial charge in [0.15, 0.2) is 17.2 Å². The molecule has 93 heavy (non-hydrogen) atoms. The average molecular weight is 1260 g/mol. The van der Waals surface area contributed by atoms with E-state index in [2.05, 4.69) is 60.6 Å². The highest BCUT2D eigenvalue weighted by atomic mass is 19.4. The van der Waals surface area contributed by atoms with Crippen LogP contribution in [0, 0.1) is 40.1 Å². The lowest BCUT2D eigenvalue weighted by Gasteiger charge is -2.34. The fraction of sp³-hybridized carbons (Fsp3) is 0.333. The molecule has 2 saturated carbocycles. The van der Waals surface area contributed by atoms with Crippen LogP contribution in [0.5, 0.6) is 0 Å². The zero-order chi connectivity index (χ0) is 65.0. The number of hydrogen-bond donors (Lipinski definition) is 3. The smallest absolute Gasteiger partial charge is 0.383 e. The first-order valence-corrected chi connectivity index (χ1v) is 30.0. The molecule has 5 aliphatic rings. The molecule has 8 aromatic rings. The van der Waals surface area contributed by atoms with E-state index < -0.39 is 59.5 Å². The Morgan fingerprint density at radius 3 is 1.74 bits per heavy atom. The van der Waals surface area contributed by atoms with Crippen molar-refractivity contribution in [1.29, 1.82) is 15.8 Å². The highest BCUT2D eigenvalue weighted by Crippen LogP contribution is 2.47. The standard InChI is InChI=1S/C66H57F6N18O3/c1-86-37-78-84-59(86)45-7-5-39(29-74)19-47(45)43-26-56(81-58(27-43)90-34-52-50(62(90)92)22-42(32-87-16-4-17-87)24-54(52)66(70,71)72)83-64(9-3-10-64)35-77-36-88-38-79-85-60(88)46-8-6-40(30-75)20-48(46)44-25-55(82-63(11-12-63)13-14-73)80-57(28-44)89-33-51-49(61(89)91)21-41(31-76-15-18-93-2)23-53(51)65(67,68)69/h5-8,19-28,37-38,76H,3-4,9-13,15-18,31-34,36H2,1-2H3,(H,80,82)(H,81,83)/q+1. The Morgan fingerprint density at radius 1 is 0.656 bits per heavy atom. The summed E-state index contributed by atoms with van der Waals surface area (Å²) in [6, 6.07) is 31.5. The normalized spacial score (nSPS) is 16.1. The van der Waals surface area contributed by atoms with Gasteiger partial charge in [0.05, 0.1) is 72.1 Å². The molecule has 7 heterocycles. The molecule has 470 valence electrons. The third-order valence-corrected chi connectivity index (χ3v) is 17.6. The number of pyridine rings is 2. The van der Waals surface area contributed by atoms with E-state index >= 15 is 0 Å². The van der Waals surface area contributed by atoms with Gasteiger partial charge in [-0.25, -0.2) is 14.5 Å². The summed E-state index contributed by atoms with van der Waals surface area (Å²) in [5.41, 5.74) is -0.0452. The Hall–Kier alpha value is -10.6. The van der Waals surface area contributed by atoms with Crippen LogP contribution < -0.4 is 25.8 Å². The van der Waals surface area contributed by atoms with E-state index in [-0.39, 0.29) is 88.7 Å². The van der Waals surface area contributed by atoms with Crippen LogP contribution >= 0.6 is 0 Å². The molecule has 3 aliphatic heterocycles. The lowest BCUT2D eigenvalue weighted by Crippen LogP contribution is -2.43. The van der Waals surface area contributed by atoms with Gasteiger partial charge in [0, 0.05) is 56.0 Å². The summed E-state index contributed by atoms with van der Waals surface area (Å²) >= 11 is 0. The van der Waals surface area contributed by atoms with Crippen molar-refractivity contribution in [2.45, 2.75) is 101 Å². The number of ether oxygens (including phenoxy) is 1. The van der Waals surface area contributed by atoms with Gasteiger partial charge in [-0.05, 0) is 181 Å². The first kappa shape index (κ1) is 61.3. The van der Waals surface area contributed by atoms with Crippen molar-refractivity contribution in [2.75, 3.05) is 53.8 Å². The Morgan fingerprint density at radius 2 is 1.23 bits per heavy atom. The Labute approximate surface area is 528 Å². The van der Waals surface area contributed by atoms with Crippen molar-refractivity contribution in [3.63, 3.8) is 0 Å². The first-order chi connectivity index (χ1) is 44.7. The minimum atomic E-state index is -4.80. The number of benzene rings is 4. The zero-order valence-electron chi connectivity index (χ0n) is 50.3. The number of nitrogens with zero attached hydrogens (tertiary/aromatic N) is 15. The number of nitrogens with one attached hydrogen (secondary N) is 3. The third kappa shape index (κ3) is 12.2. The van der Waals surface area contributed by atoms with Crippen LogP contribution in [-0.4, -0.2) is 101 Å². The molecule has 3 N–H and O–H groups in total. The van der Waals surface area contributed by atoms with Crippen molar-refractivity contribution < 1.29 is 40.7 Å². The van der Waals surface area contributed by atoms with E-state index in [4.69, 9.17) is 19.5 Å². The van der Waals surface area contributed by atoms with Gasteiger partial charge in [0.2, 0.25) is 0 Å². The molecule has 0 bridgehead atoms. The van der Waals surface area contributed by atoms with Crippen LogP contribution in [0.2, 0.25) is 0 Å². The number of carbonyl (C=O) groups is 2. The molecule has 4 aromatic heterocycles. The number of rotatable bonds is 19. The van der Waals surface area contributed by atoms with Crippen LogP contribution in [0.3, 0.4) is 0 Å². The molecule has 0 spiro atoms. The fourth-order valence-corrected chi connectivity index (χ4v) is 12.4. The number of amides is 2. The molecule has 0 atom stereocenters. The van der Waals surface area contributed by atoms with E-state index in [9.17, 15) is 51.7 Å². The third-order valence-electron chi connectivity index (χ3n) is 17.6. The number of hydrogen-bond acceptors (Lipinski definition) is 16. The number of nitriles is 3. The molecular formula is C66H57F6N18O3+. The molecule has 21 nitrogen and oxygen atoms in total. The predicted molar refractivity (Wildman–Crippen MR) is 328 cm³/mol. The summed E-state index contributed by atoms with van der Waals surface area (Å²) in [5, 5.41) is 57.3. The number of fused-ring (bicyclic) bond motifs is 2. The summed E-state index contributed by atoms with van der Waals surface area (Å²) in [4.78, 5) is 48.1. The monoisotopic (exact) mass is 1260 g/mol. The lowest BCUT2D eigenvalue weighted by molar-refractivity contribution is -0.139. The molecule has 2 amide bonds. The van der Waals surface area contributed by atoms with Gasteiger partial charge < -0.3 is 25.3 Å². The summed E-state index contributed by atoms with van der Waals surface area (Å²) in [6.45, 7) is 1.49. The fourth-order valence-electron chi connectivity index (χ4n) is 12.4. The molecule has 27 heteroatoms. The van der Waals surface area contributed by atoms with E-state index in [0.29, 0.717) is 89.2 Å². The number of likely N-dealkylation sites (tertiary alicyclic amines) is 1. The Balaban J connectivity index is 0.844. The minimum absolute atomic E-state index is 0.0112. The Kier molecular flexibility index (Phi) is 16.0. The first-order valence-electron chi connectivity index (χ1n) is 30.0. The van der Waals surface area contributed by atoms with Crippen molar-refractivity contribution in [3.8, 4) is 69.3 Å². The maximum Gasteiger partial charge on any atom is 0.416 e. The van der Waals surface area contributed by atoms with Gasteiger partial charge in [-0.3, -0.25) is 24.3 Å². The van der Waals surface area contributed by atoms with E-state index in [1.165, 1.54) is 35.6 Å². The molecule has 1 saturated heterocycles. The number of aryl methyl sites for hydroxylation is 1. The van der Waals surface area contributed by atoms with Crippen LogP contribution in [0.4, 0.5) is 49.6 Å². The molecule has 13 rings (SSSR count). The van der Waals surface area contributed by atoms with Gasteiger partial charge in [-0.2, -0.15) is 42.1 Å². The topological polar surface area (TPSA) is 252 Å². The highest BCUT2D eigenvalue weighted by molar-refractivity contribution is 6.11. The van der Waals surface area contributed by atoms with Crippen molar-refractivity contribution >= 4 is 35.1 Å². The average Bonchev–Trinajstić information content (AvgIpc) is 1.70. The number of methoxy groups -OCH3 is 1. The largest absolute Gasteiger partial charge is 0.416 e. The van der Waals surface area contributed by atoms with E-state index in [1.807, 2.05) is 4.90 Å². The number of alkyl halides is 6. The number of halogens is 6. The van der Waals surface area contributed by atoms with Crippen LogP contribution in [0.25, 0.3) is 49.9 Å². The number of carbonyl (C=O) groups excluding carboxylic acids is 2. The summed E-state index contributed by atoms with van der Waals surface area (Å²) < 4.78 is 97.9. The van der Waals surface area contributed by atoms with Gasteiger partial charge in [-0.15, -0.1) is 20.4 Å². The molecule has 0 unspecified atom stereocenters. The lowest BCUT2D eigenvalue weighted by atomic mass is 9.78. The van der Waals surface area contributed by atoms with Crippen LogP contribution in [0.1, 0.15) is 110 Å². The van der Waals surface area contributed by atoms with Gasteiger partial charge >= 0.3 is 25.1 Å². The van der Waals surface area contributed by atoms with E-state index in [0.717, 1.165) is 38.1 Å². The summed E-state index contributed by atoms with van der Waals surface area (Å²) in [6.07, 6.45) is -2.50. The summed E-state index contributed by atoms with van der Waals surface area (Å²) in [7, 11) is 3.26. The number of anilines is 4. The van der Waals surface area contributed by atoms with Crippen molar-refractivity contribution in [1.82, 2.24) is 49.7 Å². The van der Waals surface area contributed by atoms with Crippen molar-refractivity contribution in [2.24, 2.45) is 7.05 Å². The van der Waals surface area contributed by atoms with Gasteiger partial charge in [0.25, 0.3) is 11.8 Å². The second kappa shape index (κ2) is 24.2. The highest BCUT2D eigenvalue weighted by Gasteiger charge is 2.46. The predicted octanol–water partition coefficient (Wildman–Crippen LogP) is 11.1. The Bertz CT molecular complexity index is 4530. The molecule has 0 radical (unpaired) electrons. The van der Waals surface area contributed by atoms with Crippen LogP contribution in [-0.2, 0) is 57.0 Å². The quantitative estimate of drug-likeness (QED) is 0.0503. The second-order valence-electron chi connectivity index (χ2n) is 24.0. The van der Waals surface area contributed by atoms with E-state index in [1.54, 1.807) is 82.9 Å². The van der Waals surface area contributed by atoms with Crippen LogP contribution in [0.15, 0.2) is 97.6 Å².